The zero-order chi connectivity index (χ0) is 9.68. The normalized spacial score (nSPS) is 10.2. The molecule has 0 unspecified atom stereocenters. The van der Waals surface area contributed by atoms with Crippen molar-refractivity contribution in [1.82, 2.24) is 0 Å². The molecule has 0 radical (unpaired) electrons. The SMILES string of the molecule is N#Cc1ccc(C=CCS)cc1O. The number of thiol groups is 1. The highest BCUT2D eigenvalue weighted by Crippen LogP contribution is 2.18. The molecule has 0 atom stereocenters. The quantitative estimate of drug-likeness (QED) is 0.704. The van der Waals surface area contributed by atoms with E-state index < -0.39 is 0 Å². The molecule has 1 aromatic rings. The van der Waals surface area contributed by atoms with Gasteiger partial charge in [0.25, 0.3) is 0 Å². The Morgan fingerprint density at radius 3 is 2.85 bits per heavy atom. The lowest BCUT2D eigenvalue weighted by Crippen LogP contribution is -1.78. The van der Waals surface area contributed by atoms with E-state index in [2.05, 4.69) is 12.6 Å². The van der Waals surface area contributed by atoms with E-state index >= 15 is 0 Å². The fourth-order valence-electron chi connectivity index (χ4n) is 0.936. The van der Waals surface area contributed by atoms with Crippen molar-refractivity contribution in [2.24, 2.45) is 0 Å². The Hall–Kier alpha value is -1.40. The van der Waals surface area contributed by atoms with Gasteiger partial charge in [0.1, 0.15) is 11.8 Å². The molecule has 3 heteroatoms. The van der Waals surface area contributed by atoms with Crippen LogP contribution in [0.5, 0.6) is 5.75 Å². The van der Waals surface area contributed by atoms with Crippen molar-refractivity contribution in [3.05, 3.63) is 35.4 Å². The first kappa shape index (κ1) is 9.69. The van der Waals surface area contributed by atoms with Gasteiger partial charge in [-0.1, -0.05) is 18.2 Å². The van der Waals surface area contributed by atoms with Crippen LogP contribution in [-0.4, -0.2) is 10.9 Å². The first-order valence-electron chi connectivity index (χ1n) is 3.78. The third-order valence-corrected chi connectivity index (χ3v) is 1.77. The van der Waals surface area contributed by atoms with Gasteiger partial charge in [-0.3, -0.25) is 0 Å². The van der Waals surface area contributed by atoms with Crippen molar-refractivity contribution in [3.63, 3.8) is 0 Å². The summed E-state index contributed by atoms with van der Waals surface area (Å²) in [7, 11) is 0. The molecular weight excluding hydrogens is 182 g/mol. The van der Waals surface area contributed by atoms with Gasteiger partial charge in [0.15, 0.2) is 0 Å². The molecule has 0 bridgehead atoms. The van der Waals surface area contributed by atoms with Gasteiger partial charge in [0.05, 0.1) is 5.56 Å². The van der Waals surface area contributed by atoms with E-state index in [4.69, 9.17) is 5.26 Å². The zero-order valence-electron chi connectivity index (χ0n) is 6.94. The molecule has 0 aliphatic heterocycles. The van der Waals surface area contributed by atoms with Crippen LogP contribution in [-0.2, 0) is 0 Å². The number of nitrogens with zero attached hydrogens (tertiary/aromatic N) is 1. The molecule has 0 fully saturated rings. The minimum absolute atomic E-state index is 0.0174. The Morgan fingerprint density at radius 2 is 2.31 bits per heavy atom. The topological polar surface area (TPSA) is 44.0 Å². The predicted octanol–water partition coefficient (Wildman–Crippen LogP) is 2.21. The third-order valence-electron chi connectivity index (χ3n) is 1.56. The van der Waals surface area contributed by atoms with Crippen LogP contribution in [0.4, 0.5) is 0 Å². The lowest BCUT2D eigenvalue weighted by Gasteiger charge is -1.97. The van der Waals surface area contributed by atoms with E-state index in [0.29, 0.717) is 11.3 Å². The van der Waals surface area contributed by atoms with Gasteiger partial charge in [-0.2, -0.15) is 17.9 Å². The van der Waals surface area contributed by atoms with Crippen molar-refractivity contribution in [3.8, 4) is 11.8 Å². The first-order chi connectivity index (χ1) is 6.27. The molecule has 1 aromatic carbocycles. The lowest BCUT2D eigenvalue weighted by atomic mass is 10.1. The average Bonchev–Trinajstić information content (AvgIpc) is 2.15. The van der Waals surface area contributed by atoms with Gasteiger partial charge in [-0.15, -0.1) is 0 Å². The monoisotopic (exact) mass is 191 g/mol. The number of phenols is 1. The second kappa shape index (κ2) is 4.58. The molecule has 2 nitrogen and oxygen atoms in total. The maximum Gasteiger partial charge on any atom is 0.133 e. The zero-order valence-corrected chi connectivity index (χ0v) is 7.83. The van der Waals surface area contributed by atoms with Gasteiger partial charge < -0.3 is 5.11 Å². The van der Waals surface area contributed by atoms with Crippen molar-refractivity contribution in [2.45, 2.75) is 0 Å². The molecule has 1 rings (SSSR count). The van der Waals surface area contributed by atoms with Crippen molar-refractivity contribution in [2.75, 3.05) is 5.75 Å². The molecule has 0 aromatic heterocycles. The highest BCUT2D eigenvalue weighted by Gasteiger charge is 1.98. The minimum atomic E-state index is 0.0174. The van der Waals surface area contributed by atoms with Crippen molar-refractivity contribution < 1.29 is 5.11 Å². The van der Waals surface area contributed by atoms with E-state index in [9.17, 15) is 5.11 Å². The van der Waals surface area contributed by atoms with Crippen LogP contribution < -0.4 is 0 Å². The van der Waals surface area contributed by atoms with Crippen LogP contribution in [0.25, 0.3) is 6.08 Å². The highest BCUT2D eigenvalue weighted by atomic mass is 32.1. The second-order valence-electron chi connectivity index (χ2n) is 2.47. The Morgan fingerprint density at radius 1 is 1.54 bits per heavy atom. The van der Waals surface area contributed by atoms with Crippen LogP contribution in [0.1, 0.15) is 11.1 Å². The lowest BCUT2D eigenvalue weighted by molar-refractivity contribution is 0.473. The van der Waals surface area contributed by atoms with Crippen molar-refractivity contribution in [1.29, 1.82) is 5.26 Å². The summed E-state index contributed by atoms with van der Waals surface area (Å²) in [5.74, 6) is 0.671. The molecule has 0 saturated carbocycles. The molecule has 0 amide bonds. The number of phenolic OH excluding ortho intramolecular Hbond substituents is 1. The van der Waals surface area contributed by atoms with E-state index in [-0.39, 0.29) is 5.75 Å². The summed E-state index contributed by atoms with van der Waals surface area (Å²) in [5.41, 5.74) is 1.16. The number of hydrogen-bond acceptors (Lipinski definition) is 3. The smallest absolute Gasteiger partial charge is 0.133 e. The molecule has 0 saturated heterocycles. The van der Waals surface area contributed by atoms with Gasteiger partial charge in [0, 0.05) is 5.75 Å². The predicted molar refractivity (Wildman–Crippen MR) is 55.7 cm³/mol. The Balaban J connectivity index is 2.97. The largest absolute Gasteiger partial charge is 0.507 e. The summed E-state index contributed by atoms with van der Waals surface area (Å²) in [6.45, 7) is 0. The Kier molecular flexibility index (Phi) is 3.41. The fourth-order valence-corrected chi connectivity index (χ4v) is 1.04. The number of benzene rings is 1. The molecule has 0 aliphatic rings. The van der Waals surface area contributed by atoms with E-state index in [1.807, 2.05) is 18.2 Å². The van der Waals surface area contributed by atoms with Gasteiger partial charge in [-0.05, 0) is 17.7 Å². The summed E-state index contributed by atoms with van der Waals surface area (Å²) >= 11 is 4.01. The van der Waals surface area contributed by atoms with Crippen LogP contribution in [0.15, 0.2) is 24.3 Å². The number of rotatable bonds is 2. The maximum absolute atomic E-state index is 9.32. The molecule has 0 heterocycles. The van der Waals surface area contributed by atoms with Crippen LogP contribution in [0, 0.1) is 11.3 Å². The standard InChI is InChI=1S/C10H9NOS/c11-7-9-4-3-8(2-1-5-13)6-10(9)12/h1-4,6,12-13H,5H2. The van der Waals surface area contributed by atoms with Gasteiger partial charge >= 0.3 is 0 Å². The first-order valence-corrected chi connectivity index (χ1v) is 4.41. The Bertz CT molecular complexity index is 366. The van der Waals surface area contributed by atoms with Gasteiger partial charge in [-0.25, -0.2) is 0 Å². The minimum Gasteiger partial charge on any atom is -0.507 e. The third kappa shape index (κ3) is 2.53. The van der Waals surface area contributed by atoms with Crippen LogP contribution in [0.2, 0.25) is 0 Å². The molecule has 66 valence electrons. The number of hydrogen-bond donors (Lipinski definition) is 2. The van der Waals surface area contributed by atoms with Crippen molar-refractivity contribution >= 4 is 18.7 Å². The van der Waals surface area contributed by atoms with E-state index in [1.165, 1.54) is 0 Å². The number of aromatic hydroxyl groups is 1. The molecule has 1 N–H and O–H groups in total. The molecule has 0 aliphatic carbocycles. The fraction of sp³-hybridized carbons (Fsp3) is 0.100. The summed E-state index contributed by atoms with van der Waals surface area (Å²) < 4.78 is 0. The summed E-state index contributed by atoms with van der Waals surface area (Å²) in [4.78, 5) is 0. The van der Waals surface area contributed by atoms with Crippen LogP contribution in [0.3, 0.4) is 0 Å². The van der Waals surface area contributed by atoms with E-state index in [1.54, 1.807) is 18.2 Å². The van der Waals surface area contributed by atoms with E-state index in [0.717, 1.165) is 5.56 Å². The van der Waals surface area contributed by atoms with Crippen LogP contribution >= 0.6 is 12.6 Å². The molecular formula is C10H9NOS. The molecule has 0 spiro atoms. The number of nitriles is 1. The highest BCUT2D eigenvalue weighted by molar-refractivity contribution is 7.80. The average molecular weight is 191 g/mol. The Labute approximate surface area is 82.5 Å². The summed E-state index contributed by atoms with van der Waals surface area (Å²) in [5, 5.41) is 17.9. The maximum atomic E-state index is 9.32. The summed E-state index contributed by atoms with van der Waals surface area (Å²) in [6.07, 6.45) is 3.71. The van der Waals surface area contributed by atoms with Gasteiger partial charge in [0.2, 0.25) is 0 Å². The molecule has 13 heavy (non-hydrogen) atoms. The second-order valence-corrected chi connectivity index (χ2v) is 2.84. The summed E-state index contributed by atoms with van der Waals surface area (Å²) in [6, 6.07) is 6.81.